The fourth-order valence-corrected chi connectivity index (χ4v) is 3.34. The lowest BCUT2D eigenvalue weighted by atomic mass is 10.3. The summed E-state index contributed by atoms with van der Waals surface area (Å²) in [4.78, 5) is 32.6. The fourth-order valence-electron chi connectivity index (χ4n) is 2.29. The molecule has 4 heterocycles. The van der Waals surface area contributed by atoms with Gasteiger partial charge in [0.25, 0.3) is 11.3 Å². The first-order valence-electron chi connectivity index (χ1n) is 7.10. The Morgan fingerprint density at radius 2 is 2.04 bits per heavy atom. The van der Waals surface area contributed by atoms with E-state index < -0.39 is 0 Å². The van der Waals surface area contributed by atoms with Crippen molar-refractivity contribution in [3.63, 3.8) is 0 Å². The summed E-state index contributed by atoms with van der Waals surface area (Å²) in [5.74, 6) is 1.56. The number of nitrogens with one attached hydrogen (secondary N) is 2. The van der Waals surface area contributed by atoms with Gasteiger partial charge in [-0.05, 0) is 35.8 Å². The Balaban J connectivity index is 1.60. The number of hydrogen-bond donors (Lipinski definition) is 2. The van der Waals surface area contributed by atoms with Crippen LogP contribution >= 0.6 is 27.7 Å². The first kappa shape index (κ1) is 15.3. The summed E-state index contributed by atoms with van der Waals surface area (Å²) < 4.78 is 2.28. The molecule has 0 aliphatic rings. The number of aromatic nitrogens is 7. The van der Waals surface area contributed by atoms with Crippen LogP contribution in [0.15, 0.2) is 26.6 Å². The van der Waals surface area contributed by atoms with Crippen molar-refractivity contribution in [1.29, 1.82) is 0 Å². The van der Waals surface area contributed by atoms with Crippen LogP contribution in [0.4, 0.5) is 0 Å². The molecule has 0 amide bonds. The molecule has 0 radical (unpaired) electrons. The van der Waals surface area contributed by atoms with Gasteiger partial charge in [0.1, 0.15) is 5.82 Å². The number of pyridine rings is 1. The van der Waals surface area contributed by atoms with E-state index >= 15 is 0 Å². The van der Waals surface area contributed by atoms with Gasteiger partial charge in [-0.1, -0.05) is 11.8 Å². The Labute approximate surface area is 148 Å². The molecular formula is C14H12BrN7OS. The summed E-state index contributed by atoms with van der Waals surface area (Å²) in [5.41, 5.74) is 2.91. The van der Waals surface area contributed by atoms with Crippen LogP contribution in [0.1, 0.15) is 17.2 Å². The number of aromatic amines is 2. The van der Waals surface area contributed by atoms with E-state index in [1.165, 1.54) is 22.3 Å². The maximum Gasteiger partial charge on any atom is 0.274 e. The molecular weight excluding hydrogens is 394 g/mol. The number of imidazole rings is 1. The van der Waals surface area contributed by atoms with Gasteiger partial charge in [0.2, 0.25) is 0 Å². The SMILES string of the molecule is Cc1cc(=O)n2[nH]c(CSc3nc4nc(C)c(Br)cc4[nH]3)nc2n1. The van der Waals surface area contributed by atoms with Crippen LogP contribution in [0.25, 0.3) is 16.9 Å². The summed E-state index contributed by atoms with van der Waals surface area (Å²) in [6, 6.07) is 3.43. The van der Waals surface area contributed by atoms with Crippen LogP contribution in [0, 0.1) is 13.8 Å². The average molecular weight is 406 g/mol. The number of H-pyrrole nitrogens is 2. The summed E-state index contributed by atoms with van der Waals surface area (Å²) in [6.07, 6.45) is 0. The zero-order valence-electron chi connectivity index (χ0n) is 12.8. The predicted octanol–water partition coefficient (Wildman–Crippen LogP) is 2.36. The first-order valence-corrected chi connectivity index (χ1v) is 8.88. The van der Waals surface area contributed by atoms with Gasteiger partial charge >= 0.3 is 0 Å². The minimum Gasteiger partial charge on any atom is -0.331 e. The van der Waals surface area contributed by atoms with Crippen molar-refractivity contribution in [1.82, 2.24) is 34.5 Å². The van der Waals surface area contributed by atoms with Crippen molar-refractivity contribution in [2.75, 3.05) is 0 Å². The molecule has 0 aromatic carbocycles. The number of thioether (sulfide) groups is 1. The van der Waals surface area contributed by atoms with Crippen molar-refractivity contribution in [3.05, 3.63) is 44.2 Å². The van der Waals surface area contributed by atoms with Gasteiger partial charge in [0.05, 0.1) is 17.0 Å². The largest absolute Gasteiger partial charge is 0.331 e. The number of rotatable bonds is 3. The van der Waals surface area contributed by atoms with Crippen LogP contribution in [0.3, 0.4) is 0 Å². The molecule has 2 N–H and O–H groups in total. The predicted molar refractivity (Wildman–Crippen MR) is 94.2 cm³/mol. The van der Waals surface area contributed by atoms with E-state index in [2.05, 4.69) is 45.9 Å². The second-order valence-corrected chi connectivity index (χ2v) is 7.12. The van der Waals surface area contributed by atoms with Gasteiger partial charge in [-0.2, -0.15) is 9.50 Å². The molecule has 10 heteroatoms. The highest BCUT2D eigenvalue weighted by molar-refractivity contribution is 9.10. The molecule has 8 nitrogen and oxygen atoms in total. The molecule has 0 unspecified atom stereocenters. The Kier molecular flexibility index (Phi) is 3.65. The van der Waals surface area contributed by atoms with Gasteiger partial charge in [0.15, 0.2) is 10.8 Å². The zero-order chi connectivity index (χ0) is 16.8. The highest BCUT2D eigenvalue weighted by Crippen LogP contribution is 2.24. The van der Waals surface area contributed by atoms with Crippen molar-refractivity contribution in [2.45, 2.75) is 24.8 Å². The molecule has 0 spiro atoms. The maximum absolute atomic E-state index is 11.9. The normalized spacial score (nSPS) is 11.6. The molecule has 0 bridgehead atoms. The summed E-state index contributed by atoms with van der Waals surface area (Å²) >= 11 is 4.94. The van der Waals surface area contributed by atoms with Gasteiger partial charge < -0.3 is 4.98 Å². The number of nitrogens with zero attached hydrogens (tertiary/aromatic N) is 5. The second-order valence-electron chi connectivity index (χ2n) is 5.30. The van der Waals surface area contributed by atoms with Crippen LogP contribution in [-0.2, 0) is 5.75 Å². The molecule has 0 saturated heterocycles. The van der Waals surface area contributed by atoms with Crippen molar-refractivity contribution in [3.8, 4) is 0 Å². The standard InChI is InChI=1S/C14H12BrN7OS/c1-6-3-11(23)22-13(16-6)19-10(21-22)5-24-14-18-9-4-8(15)7(2)17-12(9)20-14/h3-4H,5H2,1-2H3,(H,16,19,21)(H,17,18,20). The Morgan fingerprint density at radius 3 is 2.88 bits per heavy atom. The van der Waals surface area contributed by atoms with Crippen molar-refractivity contribution < 1.29 is 0 Å². The van der Waals surface area contributed by atoms with Gasteiger partial charge in [-0.3, -0.25) is 9.89 Å². The van der Waals surface area contributed by atoms with E-state index in [1.807, 2.05) is 13.0 Å². The second kappa shape index (κ2) is 5.71. The number of aryl methyl sites for hydroxylation is 2. The fraction of sp³-hybridized carbons (Fsp3) is 0.214. The Bertz CT molecular complexity index is 1090. The highest BCUT2D eigenvalue weighted by Gasteiger charge is 2.10. The lowest BCUT2D eigenvalue weighted by Gasteiger charge is -1.94. The van der Waals surface area contributed by atoms with Crippen molar-refractivity contribution in [2.24, 2.45) is 0 Å². The minimum absolute atomic E-state index is 0.172. The highest BCUT2D eigenvalue weighted by atomic mass is 79.9. The van der Waals surface area contributed by atoms with E-state index in [4.69, 9.17) is 0 Å². The van der Waals surface area contributed by atoms with E-state index in [1.54, 1.807) is 6.92 Å². The molecule has 4 aromatic heterocycles. The van der Waals surface area contributed by atoms with Gasteiger partial charge in [0, 0.05) is 16.2 Å². The zero-order valence-corrected chi connectivity index (χ0v) is 15.2. The van der Waals surface area contributed by atoms with E-state index in [9.17, 15) is 4.79 Å². The molecule has 0 atom stereocenters. The monoisotopic (exact) mass is 405 g/mol. The molecule has 0 aliphatic heterocycles. The lowest BCUT2D eigenvalue weighted by Crippen LogP contribution is -2.14. The smallest absolute Gasteiger partial charge is 0.274 e. The average Bonchev–Trinajstić information content (AvgIpc) is 3.09. The van der Waals surface area contributed by atoms with Crippen LogP contribution in [0.2, 0.25) is 0 Å². The van der Waals surface area contributed by atoms with Crippen LogP contribution in [0.5, 0.6) is 0 Å². The van der Waals surface area contributed by atoms with E-state index in [0.29, 0.717) is 28.7 Å². The number of halogens is 1. The van der Waals surface area contributed by atoms with Crippen LogP contribution in [-0.4, -0.2) is 34.5 Å². The first-order chi connectivity index (χ1) is 11.5. The lowest BCUT2D eigenvalue weighted by molar-refractivity contribution is 0.869. The third kappa shape index (κ3) is 2.71. The molecule has 0 aliphatic carbocycles. The Hall–Kier alpha value is -2.20. The number of fused-ring (bicyclic) bond motifs is 2. The molecule has 122 valence electrons. The summed E-state index contributed by atoms with van der Waals surface area (Å²) in [5, 5.41) is 3.70. The topological polar surface area (TPSA) is 105 Å². The van der Waals surface area contributed by atoms with Gasteiger partial charge in [-0.15, -0.1) is 0 Å². The molecule has 0 fully saturated rings. The third-order valence-corrected chi connectivity index (χ3v) is 5.12. The molecule has 0 saturated carbocycles. The van der Waals surface area contributed by atoms with Crippen molar-refractivity contribution >= 4 is 44.6 Å². The summed E-state index contributed by atoms with van der Waals surface area (Å²) in [7, 11) is 0. The molecule has 4 aromatic rings. The quantitative estimate of drug-likeness (QED) is 0.506. The van der Waals surface area contributed by atoms with E-state index in [0.717, 1.165) is 20.8 Å². The third-order valence-electron chi connectivity index (χ3n) is 3.43. The van der Waals surface area contributed by atoms with Gasteiger partial charge in [-0.25, -0.2) is 15.0 Å². The Morgan fingerprint density at radius 1 is 1.21 bits per heavy atom. The minimum atomic E-state index is -0.172. The summed E-state index contributed by atoms with van der Waals surface area (Å²) in [6.45, 7) is 3.69. The maximum atomic E-state index is 11.9. The number of hydrogen-bond acceptors (Lipinski definition) is 6. The van der Waals surface area contributed by atoms with Crippen LogP contribution < -0.4 is 5.56 Å². The molecule has 24 heavy (non-hydrogen) atoms. The molecule has 4 rings (SSSR count). The van der Waals surface area contributed by atoms with E-state index in [-0.39, 0.29) is 5.56 Å².